The van der Waals surface area contributed by atoms with E-state index in [2.05, 4.69) is 125 Å². The van der Waals surface area contributed by atoms with Crippen molar-refractivity contribution in [2.75, 3.05) is 0 Å². The van der Waals surface area contributed by atoms with Crippen molar-refractivity contribution in [3.8, 4) is 17.1 Å². The van der Waals surface area contributed by atoms with Crippen LogP contribution in [0.25, 0.3) is 28.1 Å². The fourth-order valence-corrected chi connectivity index (χ4v) is 4.69. The summed E-state index contributed by atoms with van der Waals surface area (Å²) in [5, 5.41) is 0. The average Bonchev–Trinajstić information content (AvgIpc) is 3.01. The predicted molar refractivity (Wildman–Crippen MR) is 132 cm³/mol. The number of aryl methyl sites for hydroxylation is 3. The molecule has 0 aliphatic rings. The minimum Gasteiger partial charge on any atom is -0.225 e. The SMILES string of the molecule is Cc1cc(C(C)C)c(C)cc1-c1n(-c2ccc(C(C)(C)C)cc2)c2ccccc2[n+]1C. The molecule has 4 aromatic rings. The molecule has 3 aromatic carbocycles. The van der Waals surface area contributed by atoms with Crippen LogP contribution in [0.15, 0.2) is 60.7 Å². The van der Waals surface area contributed by atoms with Gasteiger partial charge in [-0.05, 0) is 77.8 Å². The highest BCUT2D eigenvalue weighted by Gasteiger charge is 2.28. The molecule has 0 N–H and O–H groups in total. The monoisotopic (exact) mass is 411 g/mol. The van der Waals surface area contributed by atoms with E-state index in [9.17, 15) is 0 Å². The van der Waals surface area contributed by atoms with Gasteiger partial charge >= 0.3 is 0 Å². The molecule has 0 saturated carbocycles. The molecule has 0 atom stereocenters. The molecule has 2 heteroatoms. The fraction of sp³-hybridized carbons (Fsp3) is 0.345. The Morgan fingerprint density at radius 3 is 2.10 bits per heavy atom. The molecule has 4 rings (SSSR count). The predicted octanol–water partition coefficient (Wildman–Crippen LogP) is 7.16. The van der Waals surface area contributed by atoms with Gasteiger partial charge in [-0.25, -0.2) is 4.57 Å². The first kappa shape index (κ1) is 21.4. The molecule has 0 bridgehead atoms. The summed E-state index contributed by atoms with van der Waals surface area (Å²) in [7, 11) is 2.18. The van der Waals surface area contributed by atoms with E-state index in [1.807, 2.05) is 0 Å². The van der Waals surface area contributed by atoms with Gasteiger partial charge in [0.05, 0.1) is 12.6 Å². The molecule has 1 aromatic heterocycles. The van der Waals surface area contributed by atoms with E-state index in [-0.39, 0.29) is 5.41 Å². The van der Waals surface area contributed by atoms with E-state index in [1.165, 1.54) is 50.4 Å². The van der Waals surface area contributed by atoms with Crippen LogP contribution in [0.2, 0.25) is 0 Å². The number of hydrogen-bond donors (Lipinski definition) is 0. The second kappa shape index (κ2) is 7.67. The molecule has 1 heterocycles. The van der Waals surface area contributed by atoms with Gasteiger partial charge in [-0.15, -0.1) is 0 Å². The Balaban J connectivity index is 2.02. The summed E-state index contributed by atoms with van der Waals surface area (Å²) in [5.74, 6) is 1.75. The first-order chi connectivity index (χ1) is 14.6. The van der Waals surface area contributed by atoms with Gasteiger partial charge in [-0.2, -0.15) is 4.57 Å². The molecule has 0 saturated heterocycles. The average molecular weight is 412 g/mol. The molecule has 0 aliphatic carbocycles. The minimum absolute atomic E-state index is 0.144. The second-order valence-electron chi connectivity index (χ2n) is 10.2. The summed E-state index contributed by atoms with van der Waals surface area (Å²) in [6, 6.07) is 22.5. The fourth-order valence-electron chi connectivity index (χ4n) is 4.69. The van der Waals surface area contributed by atoms with Crippen LogP contribution in [0.1, 0.15) is 62.8 Å². The van der Waals surface area contributed by atoms with E-state index in [0.29, 0.717) is 5.92 Å². The smallest absolute Gasteiger partial charge is 0.225 e. The van der Waals surface area contributed by atoms with Crippen molar-refractivity contribution in [1.82, 2.24) is 4.57 Å². The number of hydrogen-bond acceptors (Lipinski definition) is 0. The van der Waals surface area contributed by atoms with E-state index < -0.39 is 0 Å². The number of nitrogens with zero attached hydrogens (tertiary/aromatic N) is 2. The molecule has 0 fully saturated rings. The minimum atomic E-state index is 0.144. The Hall–Kier alpha value is -2.87. The van der Waals surface area contributed by atoms with Crippen LogP contribution in [0.5, 0.6) is 0 Å². The number of fused-ring (bicyclic) bond motifs is 1. The summed E-state index contributed by atoms with van der Waals surface area (Å²) in [4.78, 5) is 0. The molecular weight excluding hydrogens is 376 g/mol. The van der Waals surface area contributed by atoms with Crippen molar-refractivity contribution in [2.24, 2.45) is 7.05 Å². The first-order valence-electron chi connectivity index (χ1n) is 11.3. The summed E-state index contributed by atoms with van der Waals surface area (Å²) >= 11 is 0. The Kier molecular flexibility index (Phi) is 5.29. The lowest BCUT2D eigenvalue weighted by Crippen LogP contribution is -2.30. The van der Waals surface area contributed by atoms with Crippen LogP contribution in [0.4, 0.5) is 0 Å². The highest BCUT2D eigenvalue weighted by Crippen LogP contribution is 2.33. The second-order valence-corrected chi connectivity index (χ2v) is 10.2. The third-order valence-electron chi connectivity index (χ3n) is 6.48. The number of imidazole rings is 1. The molecule has 0 radical (unpaired) electrons. The number of benzene rings is 3. The van der Waals surface area contributed by atoms with Gasteiger partial charge in [0.2, 0.25) is 0 Å². The van der Waals surface area contributed by atoms with Gasteiger partial charge in [0.25, 0.3) is 5.82 Å². The summed E-state index contributed by atoms with van der Waals surface area (Å²) in [5.41, 5.74) is 10.6. The summed E-state index contributed by atoms with van der Waals surface area (Å²) in [6.07, 6.45) is 0. The molecule has 0 aliphatic heterocycles. The maximum atomic E-state index is 2.42. The van der Waals surface area contributed by atoms with Crippen LogP contribution in [0, 0.1) is 13.8 Å². The lowest BCUT2D eigenvalue weighted by molar-refractivity contribution is -0.633. The van der Waals surface area contributed by atoms with Gasteiger partial charge in [0.1, 0.15) is 5.69 Å². The lowest BCUT2D eigenvalue weighted by atomic mass is 9.87. The van der Waals surface area contributed by atoms with Crippen molar-refractivity contribution in [3.63, 3.8) is 0 Å². The van der Waals surface area contributed by atoms with Gasteiger partial charge in [-0.1, -0.05) is 65.0 Å². The first-order valence-corrected chi connectivity index (χ1v) is 11.3. The largest absolute Gasteiger partial charge is 0.295 e. The normalized spacial score (nSPS) is 12.2. The molecule has 2 nitrogen and oxygen atoms in total. The molecule has 0 unspecified atom stereocenters. The van der Waals surface area contributed by atoms with Crippen molar-refractivity contribution in [1.29, 1.82) is 0 Å². The van der Waals surface area contributed by atoms with E-state index >= 15 is 0 Å². The highest BCUT2D eigenvalue weighted by molar-refractivity contribution is 5.80. The van der Waals surface area contributed by atoms with Gasteiger partial charge in [-0.3, -0.25) is 0 Å². The summed E-state index contributed by atoms with van der Waals surface area (Å²) in [6.45, 7) is 15.8. The van der Waals surface area contributed by atoms with Crippen molar-refractivity contribution in [2.45, 2.75) is 59.8 Å². The summed E-state index contributed by atoms with van der Waals surface area (Å²) < 4.78 is 4.75. The number of aromatic nitrogens is 2. The maximum absolute atomic E-state index is 2.42. The molecule has 31 heavy (non-hydrogen) atoms. The van der Waals surface area contributed by atoms with Crippen LogP contribution in [0.3, 0.4) is 0 Å². The Bertz CT molecular complexity index is 1250. The number of rotatable bonds is 3. The maximum Gasteiger partial charge on any atom is 0.295 e. The van der Waals surface area contributed by atoms with Crippen LogP contribution < -0.4 is 4.57 Å². The number of para-hydroxylation sites is 2. The molecule has 0 amide bonds. The Morgan fingerprint density at radius 2 is 1.48 bits per heavy atom. The quantitative estimate of drug-likeness (QED) is 0.316. The van der Waals surface area contributed by atoms with E-state index in [4.69, 9.17) is 0 Å². The zero-order chi connectivity index (χ0) is 22.5. The molecular formula is C29H35N2+. The molecule has 0 spiro atoms. The third kappa shape index (κ3) is 3.69. The van der Waals surface area contributed by atoms with E-state index in [0.717, 1.165) is 0 Å². The van der Waals surface area contributed by atoms with E-state index in [1.54, 1.807) is 0 Å². The molecule has 160 valence electrons. The van der Waals surface area contributed by atoms with Gasteiger partial charge < -0.3 is 0 Å². The standard InChI is InChI=1S/C29H35N2/c1-19(2)24-17-21(4)25(18-20(24)3)28-30(8)26-11-9-10-12-27(26)31(28)23-15-13-22(14-16-23)29(5,6)7/h9-19H,1-8H3/q+1. The van der Waals surface area contributed by atoms with Crippen LogP contribution >= 0.6 is 0 Å². The Labute approximate surface area is 187 Å². The lowest BCUT2D eigenvalue weighted by Gasteiger charge is -2.19. The van der Waals surface area contributed by atoms with Crippen LogP contribution in [-0.4, -0.2) is 4.57 Å². The van der Waals surface area contributed by atoms with Gasteiger partial charge in [0, 0.05) is 0 Å². The van der Waals surface area contributed by atoms with Gasteiger partial charge in [0.15, 0.2) is 11.0 Å². The highest BCUT2D eigenvalue weighted by atomic mass is 15.2. The van der Waals surface area contributed by atoms with Crippen molar-refractivity contribution >= 4 is 11.0 Å². The zero-order valence-corrected chi connectivity index (χ0v) is 20.2. The van der Waals surface area contributed by atoms with Crippen molar-refractivity contribution in [3.05, 3.63) is 82.9 Å². The van der Waals surface area contributed by atoms with Crippen molar-refractivity contribution < 1.29 is 4.57 Å². The Morgan fingerprint density at radius 1 is 0.839 bits per heavy atom. The zero-order valence-electron chi connectivity index (χ0n) is 20.2. The topological polar surface area (TPSA) is 8.81 Å². The third-order valence-corrected chi connectivity index (χ3v) is 6.48. The van der Waals surface area contributed by atoms with Crippen LogP contribution in [-0.2, 0) is 12.5 Å².